The largest absolute Gasteiger partial charge is 0.480 e. The number of aromatic nitrogens is 1. The number of rotatable bonds is 8. The van der Waals surface area contributed by atoms with Gasteiger partial charge in [0.25, 0.3) is 5.91 Å². The molecule has 1 aromatic heterocycles. The van der Waals surface area contributed by atoms with Crippen LogP contribution >= 0.6 is 11.3 Å². The van der Waals surface area contributed by atoms with Gasteiger partial charge in [-0.05, 0) is 38.0 Å². The van der Waals surface area contributed by atoms with E-state index in [4.69, 9.17) is 5.11 Å². The van der Waals surface area contributed by atoms with Gasteiger partial charge in [-0.25, -0.2) is 4.98 Å². The molecule has 7 heteroatoms. The number of carboxylic acids is 1. The van der Waals surface area contributed by atoms with E-state index >= 15 is 0 Å². The van der Waals surface area contributed by atoms with Crippen LogP contribution in [0.5, 0.6) is 0 Å². The van der Waals surface area contributed by atoms with Crippen LogP contribution in [0.25, 0.3) is 0 Å². The Labute approximate surface area is 139 Å². The standard InChI is InChI=1S/C16H23N3O3S/c1-2-13-15(23-9-17-13)16(22)18-11-5-12(6-11)19(8-14(20)21)7-10-3-4-10/h9-12H,2-8H2,1H3,(H,18,22)(H,20,21). The number of nitrogens with zero attached hydrogens (tertiary/aromatic N) is 2. The minimum atomic E-state index is -0.768. The van der Waals surface area contributed by atoms with Crippen LogP contribution in [0, 0.1) is 5.92 Å². The van der Waals surface area contributed by atoms with Gasteiger partial charge in [-0.2, -0.15) is 0 Å². The zero-order chi connectivity index (χ0) is 16.4. The van der Waals surface area contributed by atoms with Gasteiger partial charge in [-0.3, -0.25) is 14.5 Å². The lowest BCUT2D eigenvalue weighted by molar-refractivity contribution is -0.139. The highest BCUT2D eigenvalue weighted by Crippen LogP contribution is 2.34. The third kappa shape index (κ3) is 4.09. The molecule has 2 aliphatic carbocycles. The first-order chi connectivity index (χ1) is 11.1. The molecule has 0 aromatic carbocycles. The molecule has 1 heterocycles. The van der Waals surface area contributed by atoms with Gasteiger partial charge < -0.3 is 10.4 Å². The van der Waals surface area contributed by atoms with Crippen molar-refractivity contribution in [3.8, 4) is 0 Å². The Morgan fingerprint density at radius 3 is 2.78 bits per heavy atom. The van der Waals surface area contributed by atoms with E-state index < -0.39 is 5.97 Å². The lowest BCUT2D eigenvalue weighted by atomic mass is 9.85. The predicted octanol–water partition coefficient (Wildman–Crippen LogP) is 1.76. The zero-order valence-corrected chi connectivity index (χ0v) is 14.1. The Balaban J connectivity index is 1.49. The SMILES string of the molecule is CCc1ncsc1C(=O)NC1CC(N(CC(=O)O)CC2CC2)C1. The van der Waals surface area contributed by atoms with Crippen LogP contribution in [0.3, 0.4) is 0 Å². The van der Waals surface area contributed by atoms with Crippen molar-refractivity contribution >= 4 is 23.2 Å². The normalized spacial score (nSPS) is 23.6. The summed E-state index contributed by atoms with van der Waals surface area (Å²) in [5.74, 6) is -0.137. The van der Waals surface area contributed by atoms with Gasteiger partial charge in [-0.15, -0.1) is 11.3 Å². The molecular weight excluding hydrogens is 314 g/mol. The molecule has 126 valence electrons. The van der Waals surface area contributed by atoms with Crippen molar-refractivity contribution in [1.82, 2.24) is 15.2 Å². The molecule has 2 fully saturated rings. The third-order valence-electron chi connectivity index (χ3n) is 4.68. The molecule has 0 saturated heterocycles. The van der Waals surface area contributed by atoms with E-state index in [2.05, 4.69) is 15.2 Å². The lowest BCUT2D eigenvalue weighted by Crippen LogP contribution is -2.55. The van der Waals surface area contributed by atoms with Crippen molar-refractivity contribution < 1.29 is 14.7 Å². The molecule has 6 nitrogen and oxygen atoms in total. The molecule has 2 aliphatic rings. The highest BCUT2D eigenvalue weighted by molar-refractivity contribution is 7.11. The fraction of sp³-hybridized carbons (Fsp3) is 0.688. The smallest absolute Gasteiger partial charge is 0.317 e. The second-order valence-corrected chi connectivity index (χ2v) is 7.40. The van der Waals surface area contributed by atoms with Crippen LogP contribution < -0.4 is 5.32 Å². The Morgan fingerprint density at radius 2 is 2.17 bits per heavy atom. The number of carbonyl (C=O) groups is 2. The molecule has 3 rings (SSSR count). The second kappa shape index (κ2) is 6.97. The van der Waals surface area contributed by atoms with Gasteiger partial charge in [-0.1, -0.05) is 6.92 Å². The maximum Gasteiger partial charge on any atom is 0.317 e. The van der Waals surface area contributed by atoms with Crippen LogP contribution in [-0.2, 0) is 11.2 Å². The number of thiazole rings is 1. The number of hydrogen-bond acceptors (Lipinski definition) is 5. The molecule has 2 N–H and O–H groups in total. The Morgan fingerprint density at radius 1 is 1.43 bits per heavy atom. The average molecular weight is 337 g/mol. The predicted molar refractivity (Wildman–Crippen MR) is 87.7 cm³/mol. The van der Waals surface area contributed by atoms with Crippen molar-refractivity contribution in [1.29, 1.82) is 0 Å². The van der Waals surface area contributed by atoms with Crippen molar-refractivity contribution in [3.63, 3.8) is 0 Å². The van der Waals surface area contributed by atoms with Crippen LogP contribution in [-0.4, -0.2) is 52.0 Å². The number of aliphatic carboxylic acids is 1. The fourth-order valence-electron chi connectivity index (χ4n) is 3.11. The van der Waals surface area contributed by atoms with Crippen LogP contribution in [0.1, 0.15) is 48.0 Å². The lowest BCUT2D eigenvalue weighted by Gasteiger charge is -2.42. The minimum absolute atomic E-state index is 0.0419. The van der Waals surface area contributed by atoms with E-state index in [1.807, 2.05) is 6.92 Å². The van der Waals surface area contributed by atoms with Crippen molar-refractivity contribution in [2.24, 2.45) is 5.92 Å². The first kappa shape index (κ1) is 16.4. The van der Waals surface area contributed by atoms with E-state index in [1.165, 1.54) is 24.2 Å². The maximum absolute atomic E-state index is 12.3. The summed E-state index contributed by atoms with van der Waals surface area (Å²) in [6.45, 7) is 2.98. The number of hydrogen-bond donors (Lipinski definition) is 2. The van der Waals surface area contributed by atoms with Crippen molar-refractivity contribution in [2.75, 3.05) is 13.1 Å². The van der Waals surface area contributed by atoms with Gasteiger partial charge in [0, 0.05) is 18.6 Å². The molecule has 0 spiro atoms. The monoisotopic (exact) mass is 337 g/mol. The first-order valence-electron chi connectivity index (χ1n) is 8.25. The van der Waals surface area contributed by atoms with E-state index in [0.717, 1.165) is 31.5 Å². The van der Waals surface area contributed by atoms with Gasteiger partial charge in [0.1, 0.15) is 4.88 Å². The zero-order valence-electron chi connectivity index (χ0n) is 13.3. The van der Waals surface area contributed by atoms with Gasteiger partial charge in [0.2, 0.25) is 0 Å². The third-order valence-corrected chi connectivity index (χ3v) is 5.54. The molecule has 0 radical (unpaired) electrons. The summed E-state index contributed by atoms with van der Waals surface area (Å²) in [6, 6.07) is 0.430. The summed E-state index contributed by atoms with van der Waals surface area (Å²) in [7, 11) is 0. The van der Waals surface area contributed by atoms with Crippen LogP contribution in [0.4, 0.5) is 0 Å². The Kier molecular flexibility index (Phi) is 4.96. The summed E-state index contributed by atoms with van der Waals surface area (Å²) in [6.07, 6.45) is 4.87. The van der Waals surface area contributed by atoms with E-state index in [1.54, 1.807) is 5.51 Å². The molecule has 1 amide bonds. The number of nitrogens with one attached hydrogen (secondary N) is 1. The fourth-order valence-corrected chi connectivity index (χ4v) is 3.89. The second-order valence-electron chi connectivity index (χ2n) is 6.54. The number of aryl methyl sites for hydroxylation is 1. The summed E-state index contributed by atoms with van der Waals surface area (Å²) in [4.78, 5) is 30.3. The van der Waals surface area contributed by atoms with Crippen LogP contribution in [0.15, 0.2) is 5.51 Å². The van der Waals surface area contributed by atoms with E-state index in [-0.39, 0.29) is 24.5 Å². The Bertz CT molecular complexity index is 579. The number of carbonyl (C=O) groups excluding carboxylic acids is 1. The molecule has 0 bridgehead atoms. The molecule has 2 saturated carbocycles. The van der Waals surface area contributed by atoms with E-state index in [9.17, 15) is 9.59 Å². The number of carboxylic acid groups (broad SMARTS) is 1. The summed E-state index contributed by atoms with van der Waals surface area (Å²) < 4.78 is 0. The highest BCUT2D eigenvalue weighted by Gasteiger charge is 2.38. The van der Waals surface area contributed by atoms with Gasteiger partial charge in [0.05, 0.1) is 17.7 Å². The maximum atomic E-state index is 12.3. The average Bonchev–Trinajstić information content (AvgIpc) is 3.14. The molecule has 1 aromatic rings. The first-order valence-corrected chi connectivity index (χ1v) is 9.13. The molecule has 23 heavy (non-hydrogen) atoms. The molecule has 0 atom stereocenters. The molecular formula is C16H23N3O3S. The molecule has 0 unspecified atom stereocenters. The quantitative estimate of drug-likeness (QED) is 0.755. The summed E-state index contributed by atoms with van der Waals surface area (Å²) in [5, 5.41) is 12.1. The number of amides is 1. The van der Waals surface area contributed by atoms with Gasteiger partial charge >= 0.3 is 5.97 Å². The van der Waals surface area contributed by atoms with E-state index in [0.29, 0.717) is 10.8 Å². The topological polar surface area (TPSA) is 82.5 Å². The minimum Gasteiger partial charge on any atom is -0.480 e. The van der Waals surface area contributed by atoms with Crippen molar-refractivity contribution in [3.05, 3.63) is 16.1 Å². The summed E-state index contributed by atoms with van der Waals surface area (Å²) >= 11 is 1.38. The van der Waals surface area contributed by atoms with Crippen molar-refractivity contribution in [2.45, 2.75) is 51.1 Å². The van der Waals surface area contributed by atoms with Gasteiger partial charge in [0.15, 0.2) is 0 Å². The highest BCUT2D eigenvalue weighted by atomic mass is 32.1. The summed E-state index contributed by atoms with van der Waals surface area (Å²) in [5.41, 5.74) is 2.56. The van der Waals surface area contributed by atoms with Crippen LogP contribution in [0.2, 0.25) is 0 Å². The molecule has 0 aliphatic heterocycles. The Hall–Kier alpha value is -1.47.